The highest BCUT2D eigenvalue weighted by atomic mass is 32.2. The topological polar surface area (TPSA) is 67.3 Å². The van der Waals surface area contributed by atoms with Crippen molar-refractivity contribution >= 4 is 44.2 Å². The molecule has 0 saturated carbocycles. The largest absolute Gasteiger partial charge is 0.293 e. The lowest BCUT2D eigenvalue weighted by atomic mass is 10.1. The summed E-state index contributed by atoms with van der Waals surface area (Å²) in [5.74, 6) is 0.244. The zero-order valence-corrected chi connectivity index (χ0v) is 17.9. The molecule has 5 nitrogen and oxygen atoms in total. The first-order valence-corrected chi connectivity index (χ1v) is 11.6. The van der Waals surface area contributed by atoms with Gasteiger partial charge in [0, 0.05) is 18.0 Å². The second-order valence-electron chi connectivity index (χ2n) is 6.74. The lowest BCUT2D eigenvalue weighted by Crippen LogP contribution is -2.24. The van der Waals surface area contributed by atoms with Crippen LogP contribution in [0.4, 0.5) is 5.69 Å². The van der Waals surface area contributed by atoms with E-state index in [1.165, 1.54) is 23.1 Å². The Morgan fingerprint density at radius 3 is 2.39 bits per heavy atom. The van der Waals surface area contributed by atoms with E-state index in [2.05, 4.69) is 6.07 Å². The molecule has 1 heterocycles. The third-order valence-electron chi connectivity index (χ3n) is 4.63. The molecule has 0 fully saturated rings. The number of rotatable bonds is 6. The zero-order chi connectivity index (χ0) is 20.5. The fourth-order valence-electron chi connectivity index (χ4n) is 2.88. The number of sulfonamides is 1. The average molecular weight is 415 g/mol. The summed E-state index contributed by atoms with van der Waals surface area (Å²) in [7, 11) is -1.84. The number of carbonyl (C=O) groups excluding carboxylic acids is 1. The Morgan fingerprint density at radius 1 is 1.07 bits per heavy atom. The van der Waals surface area contributed by atoms with Gasteiger partial charge < -0.3 is 0 Å². The van der Waals surface area contributed by atoms with Gasteiger partial charge in [-0.05, 0) is 55.3 Å². The molecule has 2 aromatic carbocycles. The van der Waals surface area contributed by atoms with Gasteiger partial charge in [0.15, 0.2) is 5.78 Å². The summed E-state index contributed by atoms with van der Waals surface area (Å²) >= 11 is 1.41. The summed E-state index contributed by atoms with van der Waals surface area (Å²) in [6.07, 6.45) is 1.14. The van der Waals surface area contributed by atoms with Crippen molar-refractivity contribution in [2.75, 3.05) is 23.4 Å². The van der Waals surface area contributed by atoms with Crippen molar-refractivity contribution in [2.45, 2.75) is 18.9 Å². The maximum atomic E-state index is 12.5. The van der Waals surface area contributed by atoms with E-state index in [-0.39, 0.29) is 11.5 Å². The molecular weight excluding hydrogens is 392 g/mol. The van der Waals surface area contributed by atoms with Gasteiger partial charge in [-0.25, -0.2) is 13.4 Å². The molecule has 0 bridgehead atoms. The number of Topliss-reactive ketones (excluding diaryl/α,β-unsaturated/α-hetero) is 1. The Labute approximate surface area is 169 Å². The van der Waals surface area contributed by atoms with Gasteiger partial charge in [0.25, 0.3) is 0 Å². The standard InChI is InChI=1S/C21H22N2O3S2/c1-14-6-5-7-18-15(2)12-20(22-21(14)18)27-13-19(24)16-8-10-17(11-9-16)23(3)28(4,25)26/h5-12H,13H2,1-4H3. The normalized spacial score (nSPS) is 11.6. The van der Waals surface area contributed by atoms with Crippen LogP contribution >= 0.6 is 11.8 Å². The number of pyridine rings is 1. The van der Waals surface area contributed by atoms with Crippen LogP contribution in [0.5, 0.6) is 0 Å². The van der Waals surface area contributed by atoms with Crippen LogP contribution in [0.15, 0.2) is 53.6 Å². The third-order valence-corrected chi connectivity index (χ3v) is 6.74. The zero-order valence-electron chi connectivity index (χ0n) is 16.3. The molecule has 0 atom stereocenters. The minimum absolute atomic E-state index is 0.0251. The predicted molar refractivity (Wildman–Crippen MR) is 116 cm³/mol. The number of hydrogen-bond donors (Lipinski definition) is 0. The van der Waals surface area contributed by atoms with Crippen LogP contribution in [0, 0.1) is 13.8 Å². The van der Waals surface area contributed by atoms with E-state index in [0.717, 1.165) is 33.3 Å². The fourth-order valence-corrected chi connectivity index (χ4v) is 4.24. The van der Waals surface area contributed by atoms with Crippen LogP contribution < -0.4 is 4.31 Å². The number of benzene rings is 2. The van der Waals surface area contributed by atoms with Crippen molar-refractivity contribution in [3.63, 3.8) is 0 Å². The van der Waals surface area contributed by atoms with E-state index in [4.69, 9.17) is 4.98 Å². The number of para-hydroxylation sites is 1. The molecule has 0 aliphatic heterocycles. The quantitative estimate of drug-likeness (QED) is 0.446. The highest BCUT2D eigenvalue weighted by Gasteiger charge is 2.14. The molecule has 3 rings (SSSR count). The minimum Gasteiger partial charge on any atom is -0.293 e. The molecule has 0 spiro atoms. The molecule has 1 aromatic heterocycles. The summed E-state index contributed by atoms with van der Waals surface area (Å²) in [6.45, 7) is 4.08. The van der Waals surface area contributed by atoms with E-state index in [9.17, 15) is 13.2 Å². The second kappa shape index (κ2) is 7.93. The lowest BCUT2D eigenvalue weighted by Gasteiger charge is -2.16. The average Bonchev–Trinajstić information content (AvgIpc) is 2.66. The maximum absolute atomic E-state index is 12.5. The molecule has 0 aliphatic rings. The monoisotopic (exact) mass is 414 g/mol. The molecule has 0 radical (unpaired) electrons. The molecule has 0 saturated heterocycles. The number of aromatic nitrogens is 1. The van der Waals surface area contributed by atoms with Gasteiger partial charge in [0.2, 0.25) is 10.0 Å². The van der Waals surface area contributed by atoms with Crippen molar-refractivity contribution in [1.29, 1.82) is 0 Å². The Hall–Kier alpha value is -2.38. The van der Waals surface area contributed by atoms with Crippen LogP contribution in [0.1, 0.15) is 21.5 Å². The first kappa shape index (κ1) is 20.4. The molecule has 0 N–H and O–H groups in total. The van der Waals surface area contributed by atoms with Crippen LogP contribution in [0.2, 0.25) is 0 Å². The number of fused-ring (bicyclic) bond motifs is 1. The summed E-state index contributed by atoms with van der Waals surface area (Å²) in [6, 6.07) is 14.7. The predicted octanol–water partition coefficient (Wildman–Crippen LogP) is 4.22. The van der Waals surface area contributed by atoms with Crippen LogP contribution in [-0.2, 0) is 10.0 Å². The van der Waals surface area contributed by atoms with Crippen molar-refractivity contribution in [3.8, 4) is 0 Å². The van der Waals surface area contributed by atoms with Gasteiger partial charge in [-0.1, -0.05) is 30.0 Å². The first-order chi connectivity index (χ1) is 13.2. The van der Waals surface area contributed by atoms with Gasteiger partial charge in [0.1, 0.15) is 0 Å². The van der Waals surface area contributed by atoms with E-state index in [1.54, 1.807) is 24.3 Å². The van der Waals surface area contributed by atoms with Crippen LogP contribution in [0.3, 0.4) is 0 Å². The van der Waals surface area contributed by atoms with Gasteiger partial charge in [-0.15, -0.1) is 0 Å². The van der Waals surface area contributed by atoms with E-state index >= 15 is 0 Å². The Kier molecular flexibility index (Phi) is 5.76. The number of anilines is 1. The molecule has 0 unspecified atom stereocenters. The number of carbonyl (C=O) groups is 1. The second-order valence-corrected chi connectivity index (χ2v) is 9.75. The van der Waals surface area contributed by atoms with E-state index in [1.807, 2.05) is 32.0 Å². The third kappa shape index (κ3) is 4.36. The Morgan fingerprint density at radius 2 is 1.75 bits per heavy atom. The number of hydrogen-bond acceptors (Lipinski definition) is 5. The molecule has 0 aliphatic carbocycles. The van der Waals surface area contributed by atoms with Crippen LogP contribution in [0.25, 0.3) is 10.9 Å². The first-order valence-electron chi connectivity index (χ1n) is 8.74. The van der Waals surface area contributed by atoms with Crippen LogP contribution in [-0.4, -0.2) is 38.2 Å². The van der Waals surface area contributed by atoms with Gasteiger partial charge in [-0.3, -0.25) is 9.10 Å². The molecule has 3 aromatic rings. The van der Waals surface area contributed by atoms with Crippen molar-refractivity contribution < 1.29 is 13.2 Å². The Bertz CT molecular complexity index is 1140. The van der Waals surface area contributed by atoms with Crippen molar-refractivity contribution in [2.24, 2.45) is 0 Å². The lowest BCUT2D eigenvalue weighted by molar-refractivity contribution is 0.102. The smallest absolute Gasteiger partial charge is 0.231 e. The van der Waals surface area contributed by atoms with Gasteiger partial charge in [-0.2, -0.15) is 0 Å². The maximum Gasteiger partial charge on any atom is 0.231 e. The fraction of sp³-hybridized carbons (Fsp3) is 0.238. The van der Waals surface area contributed by atoms with E-state index < -0.39 is 10.0 Å². The van der Waals surface area contributed by atoms with Gasteiger partial charge in [0.05, 0.1) is 28.2 Å². The summed E-state index contributed by atoms with van der Waals surface area (Å²) in [5, 5.41) is 1.95. The van der Waals surface area contributed by atoms with Crippen molar-refractivity contribution in [1.82, 2.24) is 4.98 Å². The minimum atomic E-state index is -3.32. The van der Waals surface area contributed by atoms with E-state index in [0.29, 0.717) is 11.3 Å². The number of thioether (sulfide) groups is 1. The number of ketones is 1. The SMILES string of the molecule is Cc1cc(SCC(=O)c2ccc(N(C)S(C)(=O)=O)cc2)nc2c(C)cccc12. The molecular formula is C21H22N2O3S2. The molecule has 146 valence electrons. The summed E-state index contributed by atoms with van der Waals surface area (Å²) in [4.78, 5) is 17.2. The Balaban J connectivity index is 1.74. The van der Waals surface area contributed by atoms with Crippen molar-refractivity contribution in [3.05, 3.63) is 65.2 Å². The highest BCUT2D eigenvalue weighted by molar-refractivity contribution is 7.99. The number of nitrogens with zero attached hydrogens (tertiary/aromatic N) is 2. The molecule has 0 amide bonds. The summed E-state index contributed by atoms with van der Waals surface area (Å²) in [5.41, 5.74) is 4.28. The summed E-state index contributed by atoms with van der Waals surface area (Å²) < 4.78 is 24.4. The molecule has 7 heteroatoms. The molecule has 28 heavy (non-hydrogen) atoms. The van der Waals surface area contributed by atoms with Gasteiger partial charge >= 0.3 is 0 Å². The highest BCUT2D eigenvalue weighted by Crippen LogP contribution is 2.26. The number of aryl methyl sites for hydroxylation is 2.